The van der Waals surface area contributed by atoms with Gasteiger partial charge in [-0.25, -0.2) is 0 Å². The Kier molecular flexibility index (Phi) is 5.52. The van der Waals surface area contributed by atoms with Crippen molar-refractivity contribution in [2.75, 3.05) is 31.5 Å². The monoisotopic (exact) mass is 429 g/mol. The number of piperazine rings is 1. The van der Waals surface area contributed by atoms with Gasteiger partial charge in [-0.2, -0.15) is 0 Å². The van der Waals surface area contributed by atoms with Crippen LogP contribution in [0.25, 0.3) is 0 Å². The molecule has 8 heteroatoms. The number of anilines is 1. The highest BCUT2D eigenvalue weighted by molar-refractivity contribution is 8.00. The number of carbonyl (C=O) groups excluding carboxylic acids is 3. The maximum absolute atomic E-state index is 12.9. The Hall–Kier alpha value is -2.51. The average Bonchev–Trinajstić information content (AvgIpc) is 2.74. The Bertz CT molecular complexity index is 989. The number of halogens is 1. The molecule has 2 aromatic rings. The number of amides is 3. The van der Waals surface area contributed by atoms with Crippen LogP contribution >= 0.6 is 23.4 Å². The SMILES string of the molecule is C[C@H]1Sc2ccc(C(=O)N3CCN(C(=O)c4ccccc4Cl)CC3)cc2NC1=O. The van der Waals surface area contributed by atoms with Crippen molar-refractivity contribution in [1.29, 1.82) is 0 Å². The zero-order valence-corrected chi connectivity index (χ0v) is 17.4. The molecule has 29 heavy (non-hydrogen) atoms. The van der Waals surface area contributed by atoms with Crippen LogP contribution < -0.4 is 5.32 Å². The van der Waals surface area contributed by atoms with E-state index in [-0.39, 0.29) is 23.0 Å². The van der Waals surface area contributed by atoms with Crippen LogP contribution in [0.15, 0.2) is 47.4 Å². The van der Waals surface area contributed by atoms with Crippen molar-refractivity contribution >= 4 is 46.8 Å². The van der Waals surface area contributed by atoms with Crippen LogP contribution in [0.5, 0.6) is 0 Å². The molecule has 0 spiro atoms. The Morgan fingerprint density at radius 2 is 1.69 bits per heavy atom. The molecular formula is C21H20ClN3O3S. The molecule has 0 radical (unpaired) electrons. The van der Waals surface area contributed by atoms with E-state index in [9.17, 15) is 14.4 Å². The van der Waals surface area contributed by atoms with E-state index in [4.69, 9.17) is 11.6 Å². The lowest BCUT2D eigenvalue weighted by atomic mass is 10.1. The van der Waals surface area contributed by atoms with Gasteiger partial charge >= 0.3 is 0 Å². The van der Waals surface area contributed by atoms with Gasteiger partial charge in [-0.15, -0.1) is 11.8 Å². The summed E-state index contributed by atoms with van der Waals surface area (Å²) < 4.78 is 0. The highest BCUT2D eigenvalue weighted by atomic mass is 35.5. The second-order valence-corrected chi connectivity index (χ2v) is 8.81. The van der Waals surface area contributed by atoms with Crippen molar-refractivity contribution in [3.05, 3.63) is 58.6 Å². The minimum absolute atomic E-state index is 0.0567. The fraction of sp³-hybridized carbons (Fsp3) is 0.286. The number of hydrogen-bond acceptors (Lipinski definition) is 4. The molecule has 2 aliphatic rings. The van der Waals surface area contributed by atoms with Gasteiger partial charge in [-0.05, 0) is 37.3 Å². The van der Waals surface area contributed by atoms with Crippen LogP contribution in [0.1, 0.15) is 27.6 Å². The summed E-state index contributed by atoms with van der Waals surface area (Å²) in [6, 6.07) is 12.4. The molecule has 2 heterocycles. The van der Waals surface area contributed by atoms with E-state index in [1.54, 1.807) is 46.2 Å². The molecule has 6 nitrogen and oxygen atoms in total. The normalized spacial score (nSPS) is 18.8. The second-order valence-electron chi connectivity index (χ2n) is 7.02. The lowest BCUT2D eigenvalue weighted by molar-refractivity contribution is -0.115. The first-order valence-corrected chi connectivity index (χ1v) is 10.6. The van der Waals surface area contributed by atoms with Crippen molar-refractivity contribution < 1.29 is 14.4 Å². The topological polar surface area (TPSA) is 69.7 Å². The van der Waals surface area contributed by atoms with E-state index in [1.165, 1.54) is 11.8 Å². The number of rotatable bonds is 2. The number of nitrogens with zero attached hydrogens (tertiary/aromatic N) is 2. The Labute approximate surface area is 178 Å². The van der Waals surface area contributed by atoms with Crippen molar-refractivity contribution in [1.82, 2.24) is 9.80 Å². The van der Waals surface area contributed by atoms with E-state index >= 15 is 0 Å². The predicted octanol–water partition coefficient (Wildman–Crippen LogP) is 3.37. The van der Waals surface area contributed by atoms with Gasteiger partial charge in [0.2, 0.25) is 5.91 Å². The van der Waals surface area contributed by atoms with Crippen LogP contribution in [0.2, 0.25) is 5.02 Å². The molecule has 0 aromatic heterocycles. The molecule has 4 rings (SSSR count). The summed E-state index contributed by atoms with van der Waals surface area (Å²) in [6.07, 6.45) is 0. The smallest absolute Gasteiger partial charge is 0.255 e. The third kappa shape index (κ3) is 3.97. The second kappa shape index (κ2) is 8.08. The minimum Gasteiger partial charge on any atom is -0.335 e. The van der Waals surface area contributed by atoms with E-state index in [0.29, 0.717) is 48.0 Å². The van der Waals surface area contributed by atoms with Crippen LogP contribution in [-0.2, 0) is 4.79 Å². The summed E-state index contributed by atoms with van der Waals surface area (Å²) >= 11 is 7.62. The molecular weight excluding hydrogens is 410 g/mol. The van der Waals surface area contributed by atoms with Crippen molar-refractivity contribution in [3.63, 3.8) is 0 Å². The molecule has 0 saturated carbocycles. The molecule has 0 aliphatic carbocycles. The molecule has 1 atom stereocenters. The first-order valence-electron chi connectivity index (χ1n) is 9.38. The van der Waals surface area contributed by atoms with Gasteiger partial charge < -0.3 is 15.1 Å². The largest absolute Gasteiger partial charge is 0.335 e. The number of nitrogens with one attached hydrogen (secondary N) is 1. The molecule has 1 N–H and O–H groups in total. The van der Waals surface area contributed by atoms with Gasteiger partial charge in [-0.3, -0.25) is 14.4 Å². The lowest BCUT2D eigenvalue weighted by Gasteiger charge is -2.35. The Morgan fingerprint density at radius 3 is 2.38 bits per heavy atom. The van der Waals surface area contributed by atoms with Crippen LogP contribution in [0, 0.1) is 0 Å². The molecule has 1 saturated heterocycles. The molecule has 3 amide bonds. The van der Waals surface area contributed by atoms with Crippen LogP contribution in [0.3, 0.4) is 0 Å². The van der Waals surface area contributed by atoms with E-state index in [2.05, 4.69) is 5.32 Å². The zero-order valence-electron chi connectivity index (χ0n) is 15.9. The number of thioether (sulfide) groups is 1. The van der Waals surface area contributed by atoms with E-state index in [1.807, 2.05) is 13.0 Å². The van der Waals surface area contributed by atoms with E-state index in [0.717, 1.165) is 4.90 Å². The number of hydrogen-bond donors (Lipinski definition) is 1. The van der Waals surface area contributed by atoms with Crippen LogP contribution in [0.4, 0.5) is 5.69 Å². The van der Waals surface area contributed by atoms with Crippen molar-refractivity contribution in [2.24, 2.45) is 0 Å². The standard InChI is InChI=1S/C21H20ClN3O3S/c1-13-19(26)23-17-12-14(6-7-18(17)29-13)20(27)24-8-10-25(11-9-24)21(28)15-4-2-3-5-16(15)22/h2-7,12-13H,8-11H2,1H3,(H,23,26)/t13-/m1/s1. The third-order valence-corrected chi connectivity index (χ3v) is 6.62. The fourth-order valence-electron chi connectivity index (χ4n) is 3.44. The predicted molar refractivity (Wildman–Crippen MR) is 114 cm³/mol. The number of carbonyl (C=O) groups is 3. The van der Waals surface area contributed by atoms with Crippen molar-refractivity contribution in [2.45, 2.75) is 17.1 Å². The quantitative estimate of drug-likeness (QED) is 0.794. The van der Waals surface area contributed by atoms with Gasteiger partial charge in [0.1, 0.15) is 0 Å². The van der Waals surface area contributed by atoms with Crippen molar-refractivity contribution in [3.8, 4) is 0 Å². The van der Waals surface area contributed by atoms with Gasteiger partial charge in [0.25, 0.3) is 11.8 Å². The first-order chi connectivity index (χ1) is 13.9. The van der Waals surface area contributed by atoms with E-state index < -0.39 is 0 Å². The average molecular weight is 430 g/mol. The van der Waals surface area contributed by atoms with Gasteiger partial charge in [0.05, 0.1) is 21.5 Å². The maximum Gasteiger partial charge on any atom is 0.255 e. The summed E-state index contributed by atoms with van der Waals surface area (Å²) in [4.78, 5) is 41.9. The summed E-state index contributed by atoms with van der Waals surface area (Å²) in [5.74, 6) is -0.278. The fourth-order valence-corrected chi connectivity index (χ4v) is 4.59. The molecule has 2 aromatic carbocycles. The number of fused-ring (bicyclic) bond motifs is 1. The maximum atomic E-state index is 12.9. The molecule has 1 fully saturated rings. The third-order valence-electron chi connectivity index (χ3n) is 5.12. The molecule has 0 unspecified atom stereocenters. The summed E-state index contributed by atoms with van der Waals surface area (Å²) in [5.41, 5.74) is 1.69. The summed E-state index contributed by atoms with van der Waals surface area (Å²) in [7, 11) is 0. The Balaban J connectivity index is 1.42. The molecule has 150 valence electrons. The Morgan fingerprint density at radius 1 is 1.03 bits per heavy atom. The van der Waals surface area contributed by atoms with Crippen LogP contribution in [-0.4, -0.2) is 59.0 Å². The summed E-state index contributed by atoms with van der Waals surface area (Å²) in [5, 5.41) is 3.14. The van der Waals surface area contributed by atoms with Gasteiger partial charge in [-0.1, -0.05) is 23.7 Å². The first kappa shape index (κ1) is 19.8. The molecule has 0 bridgehead atoms. The highest BCUT2D eigenvalue weighted by Crippen LogP contribution is 2.36. The van der Waals surface area contributed by atoms with Gasteiger partial charge in [0.15, 0.2) is 0 Å². The summed E-state index contributed by atoms with van der Waals surface area (Å²) in [6.45, 7) is 3.65. The minimum atomic E-state index is -0.146. The number of benzene rings is 2. The highest BCUT2D eigenvalue weighted by Gasteiger charge is 2.28. The zero-order chi connectivity index (χ0) is 20.5. The van der Waals surface area contributed by atoms with Gasteiger partial charge in [0, 0.05) is 36.6 Å². The lowest BCUT2D eigenvalue weighted by Crippen LogP contribution is -2.50. The molecule has 2 aliphatic heterocycles.